The first-order chi connectivity index (χ1) is 11.9. The third-order valence-electron chi connectivity index (χ3n) is 4.89. The van der Waals surface area contributed by atoms with E-state index in [4.69, 9.17) is 32.5 Å². The Morgan fingerprint density at radius 1 is 1.12 bits per heavy atom. The highest BCUT2D eigenvalue weighted by Gasteiger charge is 2.68. The van der Waals surface area contributed by atoms with Crippen LogP contribution in [0.1, 0.15) is 11.5 Å². The maximum atomic E-state index is 13.1. The van der Waals surface area contributed by atoms with Crippen LogP contribution in [0.2, 0.25) is 5.02 Å². The van der Waals surface area contributed by atoms with Crippen LogP contribution in [0.15, 0.2) is 47.4 Å². The van der Waals surface area contributed by atoms with Crippen molar-refractivity contribution >= 4 is 21.4 Å². The van der Waals surface area contributed by atoms with Crippen LogP contribution < -0.4 is 20.9 Å². The van der Waals surface area contributed by atoms with E-state index in [1.54, 1.807) is 24.3 Å². The molecule has 3 atom stereocenters. The van der Waals surface area contributed by atoms with Crippen molar-refractivity contribution in [1.29, 1.82) is 0 Å². The third-order valence-corrected chi connectivity index (χ3v) is 7.45. The highest BCUT2D eigenvalue weighted by Crippen LogP contribution is 2.56. The second-order valence-corrected chi connectivity index (χ2v) is 8.83. The van der Waals surface area contributed by atoms with Gasteiger partial charge in [0.25, 0.3) is 0 Å². The molecule has 132 valence electrons. The lowest BCUT2D eigenvalue weighted by atomic mass is 10.1. The zero-order valence-electron chi connectivity index (χ0n) is 13.2. The maximum Gasteiger partial charge on any atom is 0.231 e. The molecule has 1 aliphatic carbocycles. The molecule has 0 unspecified atom stereocenters. The summed E-state index contributed by atoms with van der Waals surface area (Å²) in [5, 5.41) is -0.327. The lowest BCUT2D eigenvalue weighted by molar-refractivity contribution is 0.174. The molecule has 25 heavy (non-hydrogen) atoms. The van der Waals surface area contributed by atoms with E-state index in [-0.39, 0.29) is 18.2 Å². The second kappa shape index (κ2) is 5.60. The summed E-state index contributed by atoms with van der Waals surface area (Å²) in [5.74, 6) is 0.816. The van der Waals surface area contributed by atoms with Gasteiger partial charge >= 0.3 is 0 Å². The van der Waals surface area contributed by atoms with Crippen LogP contribution in [0.25, 0.3) is 0 Å². The summed E-state index contributed by atoms with van der Waals surface area (Å²) in [7, 11) is -3.65. The van der Waals surface area contributed by atoms with E-state index in [0.717, 1.165) is 5.56 Å². The number of hydrogen-bond donors (Lipinski definition) is 2. The molecule has 8 heteroatoms. The van der Waals surface area contributed by atoms with E-state index in [2.05, 4.69) is 0 Å². The number of rotatable bonds is 4. The van der Waals surface area contributed by atoms with Gasteiger partial charge in [0.15, 0.2) is 21.3 Å². The summed E-state index contributed by atoms with van der Waals surface area (Å²) in [6.45, 7) is 0.213. The smallest absolute Gasteiger partial charge is 0.231 e. The van der Waals surface area contributed by atoms with Gasteiger partial charge in [-0.1, -0.05) is 17.7 Å². The summed E-state index contributed by atoms with van der Waals surface area (Å²) in [6, 6.07) is 11.4. The van der Waals surface area contributed by atoms with Gasteiger partial charge in [0.2, 0.25) is 6.79 Å². The van der Waals surface area contributed by atoms with E-state index < -0.39 is 26.5 Å². The van der Waals surface area contributed by atoms with Gasteiger partial charge < -0.3 is 20.9 Å². The number of fused-ring (bicyclic) bond motifs is 1. The van der Waals surface area contributed by atoms with E-state index in [0.29, 0.717) is 16.5 Å². The molecule has 0 spiro atoms. The molecule has 2 aromatic carbocycles. The maximum absolute atomic E-state index is 13.1. The number of sulfone groups is 1. The third kappa shape index (κ3) is 2.50. The molecule has 1 heterocycles. The van der Waals surface area contributed by atoms with Crippen LogP contribution in [0.4, 0.5) is 0 Å². The first kappa shape index (κ1) is 16.7. The lowest BCUT2D eigenvalue weighted by Crippen LogP contribution is -2.39. The van der Waals surface area contributed by atoms with Crippen LogP contribution in [0.3, 0.4) is 0 Å². The molecule has 4 N–H and O–H groups in total. The predicted molar refractivity (Wildman–Crippen MR) is 93.7 cm³/mol. The molecule has 0 bridgehead atoms. The molecule has 6 nitrogen and oxygen atoms in total. The standard InChI is InChI=1S/C17H17ClN2O4S/c18-11-2-4-12(5-3-11)25(21,22)16-15(17(16,20)8-19)10-1-6-13-14(7-10)24-9-23-13/h1-7,15-16H,8-9,19-20H2/t15-,16-,17-/m0/s1. The molecule has 2 aliphatic rings. The highest BCUT2D eigenvalue weighted by molar-refractivity contribution is 7.92. The number of hydrogen-bond acceptors (Lipinski definition) is 6. The Balaban J connectivity index is 1.73. The summed E-state index contributed by atoms with van der Waals surface area (Å²) >= 11 is 5.85. The molecule has 1 fully saturated rings. The Bertz CT molecular complexity index is 932. The Hall–Kier alpha value is -1.80. The molecule has 4 rings (SSSR count). The van der Waals surface area contributed by atoms with Crippen molar-refractivity contribution in [3.8, 4) is 11.5 Å². The van der Waals surface area contributed by atoms with E-state index in [1.807, 2.05) is 6.07 Å². The molecule has 0 amide bonds. The highest BCUT2D eigenvalue weighted by atomic mass is 35.5. The van der Waals surface area contributed by atoms with Crippen molar-refractivity contribution in [2.45, 2.75) is 21.6 Å². The van der Waals surface area contributed by atoms with Gasteiger partial charge in [-0.25, -0.2) is 8.42 Å². The number of halogens is 1. The van der Waals surface area contributed by atoms with Gasteiger partial charge in [0.05, 0.1) is 15.7 Å². The lowest BCUT2D eigenvalue weighted by Gasteiger charge is -2.09. The van der Waals surface area contributed by atoms with Crippen molar-refractivity contribution in [1.82, 2.24) is 0 Å². The number of ether oxygens (including phenoxy) is 2. The Labute approximate surface area is 150 Å². The van der Waals surface area contributed by atoms with Crippen molar-refractivity contribution in [3.63, 3.8) is 0 Å². The summed E-state index contributed by atoms with van der Waals surface area (Å²) in [6.07, 6.45) is 0. The Morgan fingerprint density at radius 3 is 2.48 bits per heavy atom. The predicted octanol–water partition coefficient (Wildman–Crippen LogP) is 1.66. The van der Waals surface area contributed by atoms with Gasteiger partial charge in [-0.3, -0.25) is 0 Å². The number of benzene rings is 2. The van der Waals surface area contributed by atoms with Gasteiger partial charge in [0.1, 0.15) is 0 Å². The average Bonchev–Trinajstić information content (AvgIpc) is 2.99. The molecule has 1 saturated carbocycles. The largest absolute Gasteiger partial charge is 0.454 e. The monoisotopic (exact) mass is 380 g/mol. The number of nitrogens with two attached hydrogens (primary N) is 2. The molecule has 1 aliphatic heterocycles. The minimum atomic E-state index is -3.65. The first-order valence-corrected chi connectivity index (χ1v) is 9.68. The van der Waals surface area contributed by atoms with Crippen LogP contribution in [0.5, 0.6) is 11.5 Å². The summed E-state index contributed by atoms with van der Waals surface area (Å²) in [5.41, 5.74) is 11.9. The molecular formula is C17H17ClN2O4S. The minimum absolute atomic E-state index is 0.0591. The van der Waals surface area contributed by atoms with E-state index in [9.17, 15) is 8.42 Å². The quantitative estimate of drug-likeness (QED) is 0.835. The van der Waals surface area contributed by atoms with E-state index >= 15 is 0 Å². The summed E-state index contributed by atoms with van der Waals surface area (Å²) in [4.78, 5) is 0.188. The second-order valence-electron chi connectivity index (χ2n) is 6.33. The average molecular weight is 381 g/mol. The molecular weight excluding hydrogens is 364 g/mol. The Kier molecular flexibility index (Phi) is 3.73. The Morgan fingerprint density at radius 2 is 1.80 bits per heavy atom. The minimum Gasteiger partial charge on any atom is -0.454 e. The van der Waals surface area contributed by atoms with Crippen LogP contribution in [0, 0.1) is 0 Å². The van der Waals surface area contributed by atoms with Crippen molar-refractivity contribution in [3.05, 3.63) is 53.1 Å². The van der Waals surface area contributed by atoms with Crippen LogP contribution in [-0.2, 0) is 9.84 Å². The fraction of sp³-hybridized carbons (Fsp3) is 0.294. The van der Waals surface area contributed by atoms with Gasteiger partial charge in [-0.15, -0.1) is 0 Å². The van der Waals surface area contributed by atoms with Gasteiger partial charge in [-0.05, 0) is 42.0 Å². The molecule has 2 aromatic rings. The van der Waals surface area contributed by atoms with Crippen molar-refractivity contribution in [2.75, 3.05) is 13.3 Å². The van der Waals surface area contributed by atoms with Crippen molar-refractivity contribution < 1.29 is 17.9 Å². The fourth-order valence-corrected chi connectivity index (χ4v) is 5.94. The first-order valence-electron chi connectivity index (χ1n) is 7.76. The van der Waals surface area contributed by atoms with Crippen LogP contribution >= 0.6 is 11.6 Å². The van der Waals surface area contributed by atoms with Gasteiger partial charge in [0, 0.05) is 17.5 Å². The van der Waals surface area contributed by atoms with Crippen LogP contribution in [-0.4, -0.2) is 32.5 Å². The zero-order valence-corrected chi connectivity index (χ0v) is 14.8. The topological polar surface area (TPSA) is 105 Å². The summed E-state index contributed by atoms with van der Waals surface area (Å²) < 4.78 is 36.8. The molecule has 0 saturated heterocycles. The van der Waals surface area contributed by atoms with Crippen molar-refractivity contribution in [2.24, 2.45) is 11.5 Å². The van der Waals surface area contributed by atoms with Gasteiger partial charge in [-0.2, -0.15) is 0 Å². The molecule has 0 aromatic heterocycles. The SMILES string of the molecule is NC[C@]1(N)[C@@H](c2ccc3c(c2)OCO3)[C@@H]1S(=O)(=O)c1ccc(Cl)cc1. The molecule has 0 radical (unpaired) electrons. The normalized spacial score (nSPS) is 27.3. The fourth-order valence-electron chi connectivity index (χ4n) is 3.50. The zero-order chi connectivity index (χ0) is 17.8. The van der Waals surface area contributed by atoms with E-state index in [1.165, 1.54) is 12.1 Å².